The van der Waals surface area contributed by atoms with Crippen molar-refractivity contribution in [3.8, 4) is 0 Å². The lowest BCUT2D eigenvalue weighted by atomic mass is 10.1. The van der Waals surface area contributed by atoms with Gasteiger partial charge in [-0.3, -0.25) is 0 Å². The first kappa shape index (κ1) is 16.0. The largest absolute Gasteiger partial charge is 0.336 e. The van der Waals surface area contributed by atoms with Crippen molar-refractivity contribution in [2.24, 2.45) is 0 Å². The first-order valence-electron chi connectivity index (χ1n) is 6.65. The minimum absolute atomic E-state index is 0.0918. The molecule has 0 amide bonds. The van der Waals surface area contributed by atoms with Gasteiger partial charge < -0.3 is 4.52 Å². The highest BCUT2D eigenvalue weighted by molar-refractivity contribution is 9.10. The lowest BCUT2D eigenvalue weighted by Crippen LogP contribution is -2.15. The Bertz CT molecular complexity index is 754. The number of nitrogens with zero attached hydrogens (tertiary/aromatic N) is 1. The highest BCUT2D eigenvalue weighted by atomic mass is 79.9. The first-order chi connectivity index (χ1) is 9.89. The summed E-state index contributed by atoms with van der Waals surface area (Å²) in [5.74, 6) is 0.0918. The number of sulfonamides is 1. The van der Waals surface area contributed by atoms with E-state index in [9.17, 15) is 8.42 Å². The number of aromatic nitrogens is 1. The molecule has 0 bridgehead atoms. The van der Waals surface area contributed by atoms with E-state index in [4.69, 9.17) is 4.52 Å². The van der Waals surface area contributed by atoms with Gasteiger partial charge in [0.2, 0.25) is 0 Å². The van der Waals surface area contributed by atoms with Crippen molar-refractivity contribution in [2.75, 3.05) is 4.72 Å². The molecule has 0 fully saturated rings. The fourth-order valence-corrected chi connectivity index (χ4v) is 3.65. The summed E-state index contributed by atoms with van der Waals surface area (Å²) < 4.78 is 33.0. The van der Waals surface area contributed by atoms with Crippen LogP contribution in [0.2, 0.25) is 0 Å². The first-order valence-corrected chi connectivity index (χ1v) is 8.93. The van der Waals surface area contributed by atoms with Crippen LogP contribution >= 0.6 is 15.9 Å². The molecule has 0 atom stereocenters. The molecule has 0 radical (unpaired) electrons. The zero-order valence-electron chi connectivity index (χ0n) is 12.1. The SMILES string of the molecule is CCc1ccc(S(=O)(=O)Nc2onc(C)c2Br)c(CC)c1. The van der Waals surface area contributed by atoms with Gasteiger partial charge in [-0.15, -0.1) is 0 Å². The molecule has 5 nitrogen and oxygen atoms in total. The molecule has 1 aromatic carbocycles. The van der Waals surface area contributed by atoms with Crippen molar-refractivity contribution in [1.82, 2.24) is 5.16 Å². The molecule has 0 aliphatic heterocycles. The van der Waals surface area contributed by atoms with Gasteiger partial charge in [0.1, 0.15) is 4.47 Å². The second-order valence-corrected chi connectivity index (χ2v) is 7.11. The molecule has 0 unspecified atom stereocenters. The van der Waals surface area contributed by atoms with Crippen molar-refractivity contribution in [2.45, 2.75) is 38.5 Å². The Labute approximate surface area is 132 Å². The van der Waals surface area contributed by atoms with Gasteiger partial charge in [0, 0.05) is 0 Å². The number of anilines is 1. The summed E-state index contributed by atoms with van der Waals surface area (Å²) >= 11 is 3.25. The zero-order chi connectivity index (χ0) is 15.6. The predicted molar refractivity (Wildman–Crippen MR) is 84.9 cm³/mol. The van der Waals surface area contributed by atoms with Crippen molar-refractivity contribution in [3.63, 3.8) is 0 Å². The molecule has 1 heterocycles. The molecule has 2 aromatic rings. The Morgan fingerprint density at radius 1 is 1.29 bits per heavy atom. The number of hydrogen-bond acceptors (Lipinski definition) is 4. The molecule has 0 spiro atoms. The van der Waals surface area contributed by atoms with Crippen molar-refractivity contribution < 1.29 is 12.9 Å². The van der Waals surface area contributed by atoms with E-state index in [0.29, 0.717) is 16.6 Å². The number of nitrogens with one attached hydrogen (secondary N) is 1. The van der Waals surface area contributed by atoms with Crippen molar-refractivity contribution >= 4 is 31.8 Å². The molecule has 0 aliphatic carbocycles. The van der Waals surface area contributed by atoms with Gasteiger partial charge >= 0.3 is 0 Å². The maximum Gasteiger partial charge on any atom is 0.264 e. The Morgan fingerprint density at radius 3 is 2.52 bits per heavy atom. The average Bonchev–Trinajstić information content (AvgIpc) is 2.78. The van der Waals surface area contributed by atoms with Gasteiger partial charge in [-0.05, 0) is 52.9 Å². The lowest BCUT2D eigenvalue weighted by molar-refractivity contribution is 0.430. The third-order valence-corrected chi connectivity index (χ3v) is 5.59. The molecular weight excluding hydrogens is 356 g/mol. The van der Waals surface area contributed by atoms with Gasteiger partial charge in [0.15, 0.2) is 0 Å². The predicted octanol–water partition coefficient (Wildman–Crippen LogP) is 3.67. The van der Waals surface area contributed by atoms with E-state index in [1.807, 2.05) is 26.0 Å². The summed E-state index contributed by atoms with van der Waals surface area (Å²) in [6, 6.07) is 5.39. The molecule has 2 rings (SSSR count). The third kappa shape index (κ3) is 3.29. The van der Waals surface area contributed by atoms with Crippen LogP contribution in [-0.4, -0.2) is 13.6 Å². The van der Waals surface area contributed by atoms with Gasteiger partial charge in [-0.1, -0.05) is 31.1 Å². The standard InChI is InChI=1S/C14H17BrN2O3S/c1-4-10-6-7-12(11(5-2)8-10)21(18,19)17-14-13(15)9(3)16-20-14/h6-8,17H,4-5H2,1-3H3. The Balaban J connectivity index is 2.42. The van der Waals surface area contributed by atoms with Crippen LogP contribution in [0.15, 0.2) is 32.1 Å². The second-order valence-electron chi connectivity index (χ2n) is 4.67. The Morgan fingerprint density at radius 2 is 2.00 bits per heavy atom. The van der Waals surface area contributed by atoms with Crippen LogP contribution < -0.4 is 4.72 Å². The second kappa shape index (κ2) is 6.19. The van der Waals surface area contributed by atoms with Crippen LogP contribution in [-0.2, 0) is 22.9 Å². The van der Waals surface area contributed by atoms with Crippen molar-refractivity contribution in [3.05, 3.63) is 39.5 Å². The Kier molecular flexibility index (Phi) is 4.73. The van der Waals surface area contributed by atoms with E-state index >= 15 is 0 Å². The molecule has 7 heteroatoms. The number of aryl methyl sites for hydroxylation is 3. The molecule has 0 aliphatic rings. The maximum absolute atomic E-state index is 12.5. The number of rotatable bonds is 5. The Hall–Kier alpha value is -1.34. The number of hydrogen-bond donors (Lipinski definition) is 1. The van der Waals surface area contributed by atoms with Gasteiger partial charge in [0.25, 0.3) is 15.9 Å². The summed E-state index contributed by atoms with van der Waals surface area (Å²) in [7, 11) is -3.70. The lowest BCUT2D eigenvalue weighted by Gasteiger charge is -2.11. The highest BCUT2D eigenvalue weighted by Gasteiger charge is 2.22. The van der Waals surface area contributed by atoms with Gasteiger partial charge in [-0.25, -0.2) is 13.1 Å². The van der Waals surface area contributed by atoms with E-state index in [-0.39, 0.29) is 10.8 Å². The quantitative estimate of drug-likeness (QED) is 0.868. The van der Waals surface area contributed by atoms with Crippen molar-refractivity contribution in [1.29, 1.82) is 0 Å². The van der Waals surface area contributed by atoms with E-state index in [1.54, 1.807) is 13.0 Å². The van der Waals surface area contributed by atoms with Crippen LogP contribution in [0, 0.1) is 6.92 Å². The molecule has 114 valence electrons. The van der Waals surface area contributed by atoms with Gasteiger partial charge in [0.05, 0.1) is 10.6 Å². The third-order valence-electron chi connectivity index (χ3n) is 3.22. The molecular formula is C14H17BrN2O3S. The highest BCUT2D eigenvalue weighted by Crippen LogP contribution is 2.29. The molecule has 21 heavy (non-hydrogen) atoms. The van der Waals surface area contributed by atoms with Crippen LogP contribution in [0.5, 0.6) is 0 Å². The maximum atomic E-state index is 12.5. The smallest absolute Gasteiger partial charge is 0.264 e. The monoisotopic (exact) mass is 372 g/mol. The molecule has 0 saturated heterocycles. The summed E-state index contributed by atoms with van der Waals surface area (Å²) in [4.78, 5) is 0.267. The fraction of sp³-hybridized carbons (Fsp3) is 0.357. The van der Waals surface area contributed by atoms with Crippen LogP contribution in [0.4, 0.5) is 5.88 Å². The van der Waals surface area contributed by atoms with E-state index in [2.05, 4.69) is 25.8 Å². The van der Waals surface area contributed by atoms with E-state index in [0.717, 1.165) is 17.5 Å². The number of halogens is 1. The topological polar surface area (TPSA) is 72.2 Å². The summed E-state index contributed by atoms with van der Waals surface area (Å²) in [5, 5.41) is 3.72. The minimum atomic E-state index is -3.70. The van der Waals surface area contributed by atoms with E-state index < -0.39 is 10.0 Å². The summed E-state index contributed by atoms with van der Waals surface area (Å²) in [6.07, 6.45) is 1.51. The van der Waals surface area contributed by atoms with E-state index in [1.165, 1.54) is 0 Å². The molecule has 1 aromatic heterocycles. The average molecular weight is 373 g/mol. The normalized spacial score (nSPS) is 11.6. The summed E-state index contributed by atoms with van der Waals surface area (Å²) in [5.41, 5.74) is 2.49. The van der Waals surface area contributed by atoms with Crippen LogP contribution in [0.25, 0.3) is 0 Å². The fourth-order valence-electron chi connectivity index (χ4n) is 1.99. The molecule has 1 N–H and O–H groups in total. The minimum Gasteiger partial charge on any atom is -0.336 e. The van der Waals surface area contributed by atoms with Gasteiger partial charge in [-0.2, -0.15) is 0 Å². The zero-order valence-corrected chi connectivity index (χ0v) is 14.5. The van der Waals surface area contributed by atoms with Crippen LogP contribution in [0.3, 0.4) is 0 Å². The summed E-state index contributed by atoms with van der Waals surface area (Å²) in [6.45, 7) is 5.69. The molecule has 0 saturated carbocycles. The van der Waals surface area contributed by atoms with Crippen LogP contribution in [0.1, 0.15) is 30.7 Å². The number of benzene rings is 1.